The van der Waals surface area contributed by atoms with E-state index in [4.69, 9.17) is 4.74 Å². The van der Waals surface area contributed by atoms with Crippen molar-refractivity contribution in [1.29, 1.82) is 0 Å². The molecule has 3 rings (SSSR count). The number of hydrogen-bond acceptors (Lipinski definition) is 4. The summed E-state index contributed by atoms with van der Waals surface area (Å²) in [4.78, 5) is 15.8. The van der Waals surface area contributed by atoms with Crippen LogP contribution in [-0.2, 0) is 9.53 Å². The fourth-order valence-corrected chi connectivity index (χ4v) is 4.20. The quantitative estimate of drug-likeness (QED) is 0.694. The average Bonchev–Trinajstić information content (AvgIpc) is 2.71. The van der Waals surface area contributed by atoms with E-state index in [2.05, 4.69) is 35.4 Å². The van der Waals surface area contributed by atoms with Crippen LogP contribution < -0.4 is 10.6 Å². The van der Waals surface area contributed by atoms with Gasteiger partial charge in [0.05, 0.1) is 13.2 Å². The number of amides is 1. The molecule has 1 aliphatic rings. The summed E-state index contributed by atoms with van der Waals surface area (Å²) >= 11 is 0. The van der Waals surface area contributed by atoms with Crippen molar-refractivity contribution in [3.05, 3.63) is 65.2 Å². The van der Waals surface area contributed by atoms with Gasteiger partial charge in [0.25, 0.3) is 0 Å². The number of morpholine rings is 1. The van der Waals surface area contributed by atoms with Crippen LogP contribution >= 0.6 is 0 Å². The van der Waals surface area contributed by atoms with E-state index in [9.17, 15) is 4.79 Å². The molecule has 1 amide bonds. The second-order valence-corrected chi connectivity index (χ2v) is 8.58. The van der Waals surface area contributed by atoms with Crippen molar-refractivity contribution in [2.45, 2.75) is 39.8 Å². The van der Waals surface area contributed by atoms with E-state index in [1.807, 2.05) is 56.3 Å². The molecule has 5 nitrogen and oxygen atoms in total. The van der Waals surface area contributed by atoms with E-state index >= 15 is 0 Å². The predicted molar refractivity (Wildman–Crippen MR) is 123 cm³/mol. The summed E-state index contributed by atoms with van der Waals surface area (Å²) in [5.74, 6) is 0.449. The molecular formula is C25H35N3O2. The molecule has 2 atom stereocenters. The molecule has 1 fully saturated rings. The molecule has 0 bridgehead atoms. The predicted octanol–water partition coefficient (Wildman–Crippen LogP) is 3.93. The highest BCUT2D eigenvalue weighted by Gasteiger charge is 2.27. The molecule has 1 aliphatic heterocycles. The smallest absolute Gasteiger partial charge is 0.246 e. The molecule has 2 aromatic rings. The van der Waals surface area contributed by atoms with Crippen LogP contribution in [0.4, 0.5) is 5.69 Å². The Morgan fingerprint density at radius 3 is 2.27 bits per heavy atom. The minimum Gasteiger partial charge on any atom is -0.379 e. The highest BCUT2D eigenvalue weighted by molar-refractivity contribution is 5.95. The molecule has 162 valence electrons. The number of carbonyl (C=O) groups excluding carboxylic acids is 1. The lowest BCUT2D eigenvalue weighted by atomic mass is 10.00. The van der Waals surface area contributed by atoms with Crippen LogP contribution in [0.25, 0.3) is 0 Å². The largest absolute Gasteiger partial charge is 0.379 e. The summed E-state index contributed by atoms with van der Waals surface area (Å²) in [6, 6.07) is 16.0. The van der Waals surface area contributed by atoms with Gasteiger partial charge in [-0.3, -0.25) is 9.69 Å². The van der Waals surface area contributed by atoms with Gasteiger partial charge >= 0.3 is 0 Å². The number of anilines is 1. The third-order valence-electron chi connectivity index (χ3n) is 5.70. The molecule has 0 radical (unpaired) electrons. The second kappa shape index (κ2) is 10.7. The number of hydrogen-bond donors (Lipinski definition) is 2. The standard InChI is InChI=1S/C25H35N3O2/c1-18(2)23(28-10-12-30-13-11-28)17-26-24(21-8-6-5-7-9-21)25(29)27-22-15-19(3)14-20(4)16-22/h5-9,14-16,18,23-24,26H,10-13,17H2,1-4H3,(H,27,29)/t23-,24+/m1/s1. The summed E-state index contributed by atoms with van der Waals surface area (Å²) in [6.07, 6.45) is 0. The first-order valence-electron chi connectivity index (χ1n) is 10.9. The molecule has 2 aromatic carbocycles. The Labute approximate surface area is 180 Å². The fourth-order valence-electron chi connectivity index (χ4n) is 4.20. The Bertz CT molecular complexity index is 796. The fraction of sp³-hybridized carbons (Fsp3) is 0.480. The first kappa shape index (κ1) is 22.5. The van der Waals surface area contributed by atoms with Crippen LogP contribution in [0.15, 0.2) is 48.5 Å². The van der Waals surface area contributed by atoms with Gasteiger partial charge in [-0.1, -0.05) is 50.2 Å². The molecule has 0 spiro atoms. The third-order valence-corrected chi connectivity index (χ3v) is 5.70. The first-order valence-corrected chi connectivity index (χ1v) is 10.9. The monoisotopic (exact) mass is 409 g/mol. The Morgan fingerprint density at radius 2 is 1.67 bits per heavy atom. The van der Waals surface area contributed by atoms with Crippen LogP contribution in [0, 0.1) is 19.8 Å². The van der Waals surface area contributed by atoms with Crippen LogP contribution in [-0.4, -0.2) is 49.7 Å². The molecule has 0 saturated carbocycles. The van der Waals surface area contributed by atoms with E-state index in [0.29, 0.717) is 12.0 Å². The van der Waals surface area contributed by atoms with E-state index < -0.39 is 6.04 Å². The van der Waals surface area contributed by atoms with E-state index in [0.717, 1.165) is 55.2 Å². The molecule has 5 heteroatoms. The summed E-state index contributed by atoms with van der Waals surface area (Å²) in [5.41, 5.74) is 4.10. The third kappa shape index (κ3) is 6.14. The lowest BCUT2D eigenvalue weighted by molar-refractivity contribution is -0.118. The van der Waals surface area contributed by atoms with Crippen LogP contribution in [0.1, 0.15) is 36.6 Å². The number of ether oxygens (including phenoxy) is 1. The van der Waals surface area contributed by atoms with Crippen LogP contribution in [0.5, 0.6) is 0 Å². The normalized spacial score (nSPS) is 17.0. The van der Waals surface area contributed by atoms with Gasteiger partial charge < -0.3 is 15.4 Å². The summed E-state index contributed by atoms with van der Waals surface area (Å²) in [5, 5.41) is 6.69. The molecule has 0 aromatic heterocycles. The number of benzene rings is 2. The maximum atomic E-state index is 13.3. The lowest BCUT2D eigenvalue weighted by Crippen LogP contribution is -2.51. The van der Waals surface area contributed by atoms with Crippen molar-refractivity contribution < 1.29 is 9.53 Å². The minimum absolute atomic E-state index is 0.0318. The molecule has 1 heterocycles. The number of aryl methyl sites for hydroxylation is 2. The molecule has 1 saturated heterocycles. The number of rotatable bonds is 8. The first-order chi connectivity index (χ1) is 14.4. The SMILES string of the molecule is Cc1cc(C)cc(NC(=O)[C@@H](NC[C@H](C(C)C)N2CCOCC2)c2ccccc2)c1. The lowest BCUT2D eigenvalue weighted by Gasteiger charge is -2.37. The number of carbonyl (C=O) groups is 1. The summed E-state index contributed by atoms with van der Waals surface area (Å²) in [7, 11) is 0. The van der Waals surface area contributed by atoms with E-state index in [-0.39, 0.29) is 5.91 Å². The van der Waals surface area contributed by atoms with Crippen molar-refractivity contribution in [2.24, 2.45) is 5.92 Å². The summed E-state index contributed by atoms with van der Waals surface area (Å²) < 4.78 is 5.52. The Kier molecular flexibility index (Phi) is 8.02. The molecular weight excluding hydrogens is 374 g/mol. The number of nitrogens with one attached hydrogen (secondary N) is 2. The molecule has 0 unspecified atom stereocenters. The van der Waals surface area contributed by atoms with Crippen molar-refractivity contribution in [2.75, 3.05) is 38.2 Å². The highest BCUT2D eigenvalue weighted by atomic mass is 16.5. The van der Waals surface area contributed by atoms with Crippen molar-refractivity contribution >= 4 is 11.6 Å². The van der Waals surface area contributed by atoms with Crippen molar-refractivity contribution in [3.63, 3.8) is 0 Å². The topological polar surface area (TPSA) is 53.6 Å². The molecule has 30 heavy (non-hydrogen) atoms. The number of nitrogens with zero attached hydrogens (tertiary/aromatic N) is 1. The van der Waals surface area contributed by atoms with Gasteiger partial charge in [-0.2, -0.15) is 0 Å². The molecule has 0 aliphatic carbocycles. The van der Waals surface area contributed by atoms with Gasteiger partial charge in [0, 0.05) is 31.4 Å². The zero-order valence-electron chi connectivity index (χ0n) is 18.7. The van der Waals surface area contributed by atoms with Gasteiger partial charge in [0.15, 0.2) is 0 Å². The Balaban J connectivity index is 1.75. The van der Waals surface area contributed by atoms with Crippen molar-refractivity contribution in [1.82, 2.24) is 10.2 Å². The van der Waals surface area contributed by atoms with E-state index in [1.165, 1.54) is 0 Å². The van der Waals surface area contributed by atoms with E-state index in [1.54, 1.807) is 0 Å². The maximum absolute atomic E-state index is 13.3. The highest BCUT2D eigenvalue weighted by Crippen LogP contribution is 2.20. The van der Waals surface area contributed by atoms with Crippen LogP contribution in [0.2, 0.25) is 0 Å². The Hall–Kier alpha value is -2.21. The van der Waals surface area contributed by atoms with Gasteiger partial charge in [-0.25, -0.2) is 0 Å². The van der Waals surface area contributed by atoms with Gasteiger partial charge in [-0.05, 0) is 48.6 Å². The average molecular weight is 410 g/mol. The van der Waals surface area contributed by atoms with Gasteiger partial charge in [-0.15, -0.1) is 0 Å². The van der Waals surface area contributed by atoms with Gasteiger partial charge in [0.1, 0.15) is 6.04 Å². The summed E-state index contributed by atoms with van der Waals surface area (Å²) in [6.45, 7) is 12.8. The molecule has 2 N–H and O–H groups in total. The van der Waals surface area contributed by atoms with Crippen LogP contribution in [0.3, 0.4) is 0 Å². The van der Waals surface area contributed by atoms with Crippen molar-refractivity contribution in [3.8, 4) is 0 Å². The second-order valence-electron chi connectivity index (χ2n) is 8.58. The van der Waals surface area contributed by atoms with Gasteiger partial charge in [0.2, 0.25) is 5.91 Å². The Morgan fingerprint density at radius 1 is 1.03 bits per heavy atom. The zero-order valence-corrected chi connectivity index (χ0v) is 18.7. The maximum Gasteiger partial charge on any atom is 0.246 e. The minimum atomic E-state index is -0.408. The zero-order chi connectivity index (χ0) is 21.5.